The zero-order valence-corrected chi connectivity index (χ0v) is 18.4. The van der Waals surface area contributed by atoms with E-state index in [0.29, 0.717) is 5.69 Å². The van der Waals surface area contributed by atoms with Gasteiger partial charge in [-0.3, -0.25) is 4.79 Å². The van der Waals surface area contributed by atoms with Gasteiger partial charge in [0.25, 0.3) is 5.91 Å². The van der Waals surface area contributed by atoms with Crippen LogP contribution in [0.25, 0.3) is 11.8 Å². The van der Waals surface area contributed by atoms with Crippen LogP contribution in [0.3, 0.4) is 0 Å². The van der Waals surface area contributed by atoms with Crippen LogP contribution in [0.5, 0.6) is 0 Å². The highest BCUT2D eigenvalue weighted by atomic mass is 16.1. The molecule has 0 aliphatic rings. The first-order chi connectivity index (χ1) is 14.2. The molecular weight excluding hydrogens is 370 g/mol. The fourth-order valence-corrected chi connectivity index (χ4v) is 3.73. The maximum Gasteiger partial charge on any atom is 0.266 e. The van der Waals surface area contributed by atoms with Crippen molar-refractivity contribution >= 4 is 17.7 Å². The minimum atomic E-state index is -0.402. The lowest BCUT2D eigenvalue weighted by molar-refractivity contribution is -0.112. The highest BCUT2D eigenvalue weighted by Crippen LogP contribution is 2.26. The van der Waals surface area contributed by atoms with Crippen molar-refractivity contribution in [1.82, 2.24) is 4.57 Å². The second kappa shape index (κ2) is 8.42. The molecule has 1 N–H and O–H groups in total. The van der Waals surface area contributed by atoms with Gasteiger partial charge >= 0.3 is 0 Å². The van der Waals surface area contributed by atoms with Gasteiger partial charge in [0.05, 0.1) is 0 Å². The molecular formula is C26H27N3O. The summed E-state index contributed by atoms with van der Waals surface area (Å²) in [6.07, 6.45) is 1.67. The van der Waals surface area contributed by atoms with Crippen molar-refractivity contribution < 1.29 is 4.79 Å². The summed E-state index contributed by atoms with van der Waals surface area (Å²) in [5.74, 6) is -0.402. The molecule has 3 rings (SSSR count). The van der Waals surface area contributed by atoms with Gasteiger partial charge in [-0.15, -0.1) is 0 Å². The number of nitriles is 1. The SMILES string of the molecule is Cc1ccc(NC(=O)/C(C#N)=C/c2cc(C)n(-c3cccc(C)c3C)c2C)c(C)c1. The second-order valence-electron chi connectivity index (χ2n) is 7.82. The van der Waals surface area contributed by atoms with Gasteiger partial charge in [0.15, 0.2) is 0 Å². The smallest absolute Gasteiger partial charge is 0.266 e. The van der Waals surface area contributed by atoms with Crippen molar-refractivity contribution in [3.05, 3.63) is 87.2 Å². The Morgan fingerprint density at radius 3 is 2.40 bits per heavy atom. The minimum absolute atomic E-state index is 0.0798. The number of rotatable bonds is 4. The van der Waals surface area contributed by atoms with E-state index < -0.39 is 5.91 Å². The highest BCUT2D eigenvalue weighted by Gasteiger charge is 2.15. The maximum absolute atomic E-state index is 12.7. The van der Waals surface area contributed by atoms with E-state index in [2.05, 4.69) is 41.9 Å². The molecule has 1 heterocycles. The summed E-state index contributed by atoms with van der Waals surface area (Å²) in [6.45, 7) is 12.2. The summed E-state index contributed by atoms with van der Waals surface area (Å²) in [4.78, 5) is 12.7. The largest absolute Gasteiger partial charge is 0.321 e. The lowest BCUT2D eigenvalue weighted by Crippen LogP contribution is -2.14. The Bertz CT molecular complexity index is 1210. The molecule has 0 unspecified atom stereocenters. The Balaban J connectivity index is 1.98. The molecule has 0 saturated carbocycles. The zero-order valence-electron chi connectivity index (χ0n) is 18.4. The maximum atomic E-state index is 12.7. The molecule has 1 amide bonds. The van der Waals surface area contributed by atoms with Crippen LogP contribution in [0.4, 0.5) is 5.69 Å². The third kappa shape index (κ3) is 4.06. The number of aryl methyl sites for hydroxylation is 4. The van der Waals surface area contributed by atoms with Crippen LogP contribution in [-0.4, -0.2) is 10.5 Å². The van der Waals surface area contributed by atoms with Crippen molar-refractivity contribution in [2.24, 2.45) is 0 Å². The van der Waals surface area contributed by atoms with E-state index in [-0.39, 0.29) is 5.57 Å². The molecule has 0 atom stereocenters. The molecule has 0 aliphatic heterocycles. The predicted octanol–water partition coefficient (Wildman–Crippen LogP) is 5.87. The number of hydrogen-bond donors (Lipinski definition) is 1. The highest BCUT2D eigenvalue weighted by molar-refractivity contribution is 6.10. The lowest BCUT2D eigenvalue weighted by Gasteiger charge is -2.14. The van der Waals surface area contributed by atoms with Crippen LogP contribution in [0, 0.1) is 52.9 Å². The van der Waals surface area contributed by atoms with Crippen LogP contribution in [0.1, 0.15) is 39.2 Å². The van der Waals surface area contributed by atoms with Crippen molar-refractivity contribution in [2.75, 3.05) is 5.32 Å². The third-order valence-electron chi connectivity index (χ3n) is 5.58. The summed E-state index contributed by atoms with van der Waals surface area (Å²) in [6, 6.07) is 16.1. The van der Waals surface area contributed by atoms with Gasteiger partial charge in [-0.05, 0) is 88.1 Å². The average molecular weight is 398 g/mol. The third-order valence-corrected chi connectivity index (χ3v) is 5.58. The first-order valence-corrected chi connectivity index (χ1v) is 9.99. The first kappa shape index (κ1) is 21.1. The Hall–Kier alpha value is -3.58. The Kier molecular flexibility index (Phi) is 5.94. The number of aromatic nitrogens is 1. The zero-order chi connectivity index (χ0) is 22.0. The van der Waals surface area contributed by atoms with E-state index >= 15 is 0 Å². The van der Waals surface area contributed by atoms with Crippen molar-refractivity contribution in [2.45, 2.75) is 41.5 Å². The minimum Gasteiger partial charge on any atom is -0.321 e. The van der Waals surface area contributed by atoms with Crippen molar-refractivity contribution in [3.63, 3.8) is 0 Å². The Morgan fingerprint density at radius 2 is 1.73 bits per heavy atom. The van der Waals surface area contributed by atoms with Crippen LogP contribution in [0.15, 0.2) is 48.0 Å². The van der Waals surface area contributed by atoms with E-state index in [1.807, 2.05) is 58.0 Å². The van der Waals surface area contributed by atoms with Crippen LogP contribution >= 0.6 is 0 Å². The molecule has 3 aromatic rings. The monoisotopic (exact) mass is 397 g/mol. The Labute approximate surface area is 178 Å². The fraction of sp³-hybridized carbons (Fsp3) is 0.231. The topological polar surface area (TPSA) is 57.8 Å². The molecule has 2 aromatic carbocycles. The van der Waals surface area contributed by atoms with E-state index in [9.17, 15) is 10.1 Å². The molecule has 0 spiro atoms. The molecule has 4 nitrogen and oxygen atoms in total. The molecule has 30 heavy (non-hydrogen) atoms. The number of carbonyl (C=O) groups excluding carboxylic acids is 1. The molecule has 0 bridgehead atoms. The fourth-order valence-electron chi connectivity index (χ4n) is 3.73. The van der Waals surface area contributed by atoms with E-state index in [0.717, 1.165) is 33.8 Å². The van der Waals surface area contributed by atoms with Gasteiger partial charge in [-0.2, -0.15) is 5.26 Å². The molecule has 0 fully saturated rings. The molecule has 0 saturated heterocycles. The van der Waals surface area contributed by atoms with Gasteiger partial charge in [-0.1, -0.05) is 29.8 Å². The number of nitrogens with zero attached hydrogens (tertiary/aromatic N) is 2. The normalized spacial score (nSPS) is 11.3. The molecule has 1 aromatic heterocycles. The van der Waals surface area contributed by atoms with E-state index in [1.54, 1.807) is 6.08 Å². The van der Waals surface area contributed by atoms with Crippen LogP contribution in [-0.2, 0) is 4.79 Å². The molecule has 0 radical (unpaired) electrons. The van der Waals surface area contributed by atoms with Gasteiger partial charge in [0.1, 0.15) is 11.6 Å². The van der Waals surface area contributed by atoms with E-state index in [1.165, 1.54) is 11.1 Å². The number of amides is 1. The van der Waals surface area contributed by atoms with E-state index in [4.69, 9.17) is 0 Å². The van der Waals surface area contributed by atoms with Crippen molar-refractivity contribution in [3.8, 4) is 11.8 Å². The number of anilines is 1. The lowest BCUT2D eigenvalue weighted by atomic mass is 10.1. The molecule has 152 valence electrons. The van der Waals surface area contributed by atoms with Crippen molar-refractivity contribution in [1.29, 1.82) is 5.26 Å². The number of hydrogen-bond acceptors (Lipinski definition) is 2. The van der Waals surface area contributed by atoms with Gasteiger partial charge in [0.2, 0.25) is 0 Å². The summed E-state index contributed by atoms with van der Waals surface area (Å²) in [5.41, 5.74) is 9.35. The second-order valence-corrected chi connectivity index (χ2v) is 7.82. The quantitative estimate of drug-likeness (QED) is 0.442. The first-order valence-electron chi connectivity index (χ1n) is 9.99. The number of carbonyl (C=O) groups is 1. The van der Waals surface area contributed by atoms with Gasteiger partial charge in [-0.25, -0.2) is 0 Å². The summed E-state index contributed by atoms with van der Waals surface area (Å²) >= 11 is 0. The number of benzene rings is 2. The summed E-state index contributed by atoms with van der Waals surface area (Å²) in [5, 5.41) is 12.5. The Morgan fingerprint density at radius 1 is 1.00 bits per heavy atom. The van der Waals surface area contributed by atoms with Crippen LogP contribution in [0.2, 0.25) is 0 Å². The van der Waals surface area contributed by atoms with Gasteiger partial charge < -0.3 is 9.88 Å². The summed E-state index contributed by atoms with van der Waals surface area (Å²) in [7, 11) is 0. The molecule has 4 heteroatoms. The van der Waals surface area contributed by atoms with Gasteiger partial charge in [0, 0.05) is 22.8 Å². The predicted molar refractivity (Wildman–Crippen MR) is 123 cm³/mol. The number of nitrogens with one attached hydrogen (secondary N) is 1. The standard InChI is InChI=1S/C26H27N3O/c1-16-10-11-24(18(3)12-16)28-26(30)23(15-27)14-22-13-19(4)29(21(22)6)25-9-7-8-17(2)20(25)5/h7-14H,1-6H3,(H,28,30)/b23-14+. The average Bonchev–Trinajstić information content (AvgIpc) is 2.97. The molecule has 0 aliphatic carbocycles. The van der Waals surface area contributed by atoms with Crippen LogP contribution < -0.4 is 5.32 Å². The summed E-state index contributed by atoms with van der Waals surface area (Å²) < 4.78 is 2.17.